The van der Waals surface area contributed by atoms with Crippen molar-refractivity contribution in [1.82, 2.24) is 0 Å². The van der Waals surface area contributed by atoms with E-state index < -0.39 is 6.10 Å². The van der Waals surface area contributed by atoms with Gasteiger partial charge in [0.15, 0.2) is 12.1 Å². The molecule has 0 amide bonds. The summed E-state index contributed by atoms with van der Waals surface area (Å²) in [4.78, 5) is 11.7. The minimum atomic E-state index is -0.437. The number of carbonyl (C=O) groups excluding carboxylic acids is 1. The van der Waals surface area contributed by atoms with Crippen molar-refractivity contribution in [2.45, 2.75) is 31.7 Å². The Hall–Kier alpha value is -1.19. The second-order valence-corrected chi connectivity index (χ2v) is 4.30. The monoisotopic (exact) mass is 218 g/mol. The molecule has 3 heteroatoms. The minimum Gasteiger partial charge on any atom is -0.353 e. The van der Waals surface area contributed by atoms with Crippen LogP contribution in [0.15, 0.2) is 35.5 Å². The van der Waals surface area contributed by atoms with Crippen molar-refractivity contribution in [2.24, 2.45) is 0 Å². The lowest BCUT2D eigenvalue weighted by atomic mass is 10.1. The molecule has 0 spiro atoms. The van der Waals surface area contributed by atoms with Crippen molar-refractivity contribution in [3.63, 3.8) is 0 Å². The van der Waals surface area contributed by atoms with Gasteiger partial charge in [0.25, 0.3) is 0 Å². The lowest BCUT2D eigenvalue weighted by Crippen LogP contribution is -2.31. The minimum absolute atomic E-state index is 0.0415. The second kappa shape index (κ2) is 4.00. The van der Waals surface area contributed by atoms with Gasteiger partial charge < -0.3 is 9.47 Å². The van der Waals surface area contributed by atoms with Gasteiger partial charge in [-0.2, -0.15) is 0 Å². The Morgan fingerprint density at radius 2 is 2.31 bits per heavy atom. The van der Waals surface area contributed by atoms with E-state index in [1.54, 1.807) is 6.08 Å². The van der Waals surface area contributed by atoms with E-state index in [9.17, 15) is 4.79 Å². The van der Waals surface area contributed by atoms with Gasteiger partial charge in [0.05, 0.1) is 0 Å². The van der Waals surface area contributed by atoms with Crippen LogP contribution in [0, 0.1) is 0 Å². The van der Waals surface area contributed by atoms with Gasteiger partial charge in [-0.25, -0.2) is 0 Å². The predicted octanol–water partition coefficient (Wildman–Crippen LogP) is 1.90. The highest BCUT2D eigenvalue weighted by Crippen LogP contribution is 2.32. The lowest BCUT2D eigenvalue weighted by Gasteiger charge is -2.25. The van der Waals surface area contributed by atoms with Gasteiger partial charge in [0, 0.05) is 6.61 Å². The molecule has 0 N–H and O–H groups in total. The molecule has 3 nitrogen and oxygen atoms in total. The first kappa shape index (κ1) is 10.00. The Kier molecular flexibility index (Phi) is 2.50. The van der Waals surface area contributed by atoms with E-state index in [0.717, 1.165) is 37.0 Å². The molecule has 0 aromatic rings. The molecule has 0 saturated carbocycles. The highest BCUT2D eigenvalue weighted by atomic mass is 16.7. The third-order valence-corrected chi connectivity index (χ3v) is 3.15. The van der Waals surface area contributed by atoms with Crippen LogP contribution in [0.2, 0.25) is 0 Å². The molecule has 2 atom stereocenters. The van der Waals surface area contributed by atoms with E-state index in [4.69, 9.17) is 9.47 Å². The fourth-order valence-corrected chi connectivity index (χ4v) is 2.31. The van der Waals surface area contributed by atoms with E-state index in [1.807, 2.05) is 18.2 Å². The summed E-state index contributed by atoms with van der Waals surface area (Å²) in [5.41, 5.74) is 1.98. The fourth-order valence-electron chi connectivity index (χ4n) is 2.31. The Morgan fingerprint density at radius 1 is 1.38 bits per heavy atom. The standard InChI is InChI=1S/C13H14O3/c14-11-8-9-4-3-5-10(9)13(11)16-12-6-1-2-7-15-12/h3-5,8,12-13H,1-2,6-7H2. The summed E-state index contributed by atoms with van der Waals surface area (Å²) in [5, 5.41) is 0. The summed E-state index contributed by atoms with van der Waals surface area (Å²) in [6.07, 6.45) is 9.94. The highest BCUT2D eigenvalue weighted by Gasteiger charge is 2.34. The normalized spacial score (nSPS) is 32.6. The van der Waals surface area contributed by atoms with Crippen molar-refractivity contribution in [1.29, 1.82) is 0 Å². The van der Waals surface area contributed by atoms with E-state index in [-0.39, 0.29) is 12.1 Å². The largest absolute Gasteiger partial charge is 0.353 e. The van der Waals surface area contributed by atoms with Crippen molar-refractivity contribution < 1.29 is 14.3 Å². The number of fused-ring (bicyclic) bond motifs is 1. The molecule has 0 aromatic carbocycles. The van der Waals surface area contributed by atoms with Gasteiger partial charge in [-0.3, -0.25) is 4.79 Å². The third kappa shape index (κ3) is 1.66. The van der Waals surface area contributed by atoms with E-state index in [2.05, 4.69) is 0 Å². The quantitative estimate of drug-likeness (QED) is 0.710. The molecule has 1 aliphatic heterocycles. The molecular formula is C13H14O3. The van der Waals surface area contributed by atoms with Crippen LogP contribution in [0.25, 0.3) is 0 Å². The summed E-state index contributed by atoms with van der Waals surface area (Å²) in [6, 6.07) is 0. The predicted molar refractivity (Wildman–Crippen MR) is 58.8 cm³/mol. The van der Waals surface area contributed by atoms with Crippen LogP contribution in [-0.2, 0) is 14.3 Å². The molecular weight excluding hydrogens is 204 g/mol. The fraction of sp³-hybridized carbons (Fsp3) is 0.462. The lowest BCUT2D eigenvalue weighted by molar-refractivity contribution is -0.181. The Bertz CT molecular complexity index is 397. The zero-order valence-corrected chi connectivity index (χ0v) is 9.02. The maximum absolute atomic E-state index is 11.7. The molecule has 0 radical (unpaired) electrons. The molecule has 1 saturated heterocycles. The van der Waals surface area contributed by atoms with Crippen molar-refractivity contribution in [3.8, 4) is 0 Å². The number of hydrogen-bond donors (Lipinski definition) is 0. The number of rotatable bonds is 2. The average Bonchev–Trinajstić information content (AvgIpc) is 2.84. The molecule has 84 valence electrons. The SMILES string of the molecule is O=C1C=C2C=CC=C2C1OC1CCCCO1. The van der Waals surface area contributed by atoms with Crippen LogP contribution < -0.4 is 0 Å². The van der Waals surface area contributed by atoms with Crippen LogP contribution in [0.4, 0.5) is 0 Å². The summed E-state index contributed by atoms with van der Waals surface area (Å²) in [6.45, 7) is 0.739. The number of ether oxygens (including phenoxy) is 2. The number of allylic oxidation sites excluding steroid dienone is 3. The molecule has 1 heterocycles. The first-order valence-corrected chi connectivity index (χ1v) is 5.76. The maximum atomic E-state index is 11.7. The first-order valence-electron chi connectivity index (χ1n) is 5.76. The summed E-state index contributed by atoms with van der Waals surface area (Å²) in [5.74, 6) is 0.0415. The average molecular weight is 218 g/mol. The van der Waals surface area contributed by atoms with Crippen LogP contribution >= 0.6 is 0 Å². The Balaban J connectivity index is 1.69. The van der Waals surface area contributed by atoms with Crippen LogP contribution in [0.5, 0.6) is 0 Å². The molecule has 2 aliphatic carbocycles. The molecule has 3 rings (SSSR count). The topological polar surface area (TPSA) is 35.5 Å². The van der Waals surface area contributed by atoms with Gasteiger partial charge in [-0.05, 0) is 36.5 Å². The smallest absolute Gasteiger partial charge is 0.189 e. The zero-order chi connectivity index (χ0) is 11.0. The van der Waals surface area contributed by atoms with Crippen molar-refractivity contribution in [3.05, 3.63) is 35.5 Å². The van der Waals surface area contributed by atoms with Crippen LogP contribution in [0.3, 0.4) is 0 Å². The van der Waals surface area contributed by atoms with E-state index in [1.165, 1.54) is 0 Å². The van der Waals surface area contributed by atoms with Crippen LogP contribution in [0.1, 0.15) is 19.3 Å². The molecule has 16 heavy (non-hydrogen) atoms. The number of hydrogen-bond acceptors (Lipinski definition) is 3. The van der Waals surface area contributed by atoms with Gasteiger partial charge in [-0.15, -0.1) is 0 Å². The van der Waals surface area contributed by atoms with Crippen LogP contribution in [-0.4, -0.2) is 24.8 Å². The summed E-state index contributed by atoms with van der Waals surface area (Å²) in [7, 11) is 0. The molecule has 2 unspecified atom stereocenters. The van der Waals surface area contributed by atoms with Gasteiger partial charge in [-0.1, -0.05) is 18.2 Å². The van der Waals surface area contributed by atoms with Crippen molar-refractivity contribution in [2.75, 3.05) is 6.61 Å². The third-order valence-electron chi connectivity index (χ3n) is 3.15. The Labute approximate surface area is 94.4 Å². The van der Waals surface area contributed by atoms with Gasteiger partial charge in [0.2, 0.25) is 0 Å². The van der Waals surface area contributed by atoms with E-state index in [0.29, 0.717) is 0 Å². The maximum Gasteiger partial charge on any atom is 0.189 e. The van der Waals surface area contributed by atoms with Crippen molar-refractivity contribution >= 4 is 5.78 Å². The molecule has 0 aromatic heterocycles. The first-order chi connectivity index (χ1) is 7.84. The molecule has 0 bridgehead atoms. The van der Waals surface area contributed by atoms with Gasteiger partial charge >= 0.3 is 0 Å². The Morgan fingerprint density at radius 3 is 3.12 bits per heavy atom. The molecule has 3 aliphatic rings. The summed E-state index contributed by atoms with van der Waals surface area (Å²) >= 11 is 0. The molecule has 1 fully saturated rings. The number of ketones is 1. The summed E-state index contributed by atoms with van der Waals surface area (Å²) < 4.78 is 11.2. The van der Waals surface area contributed by atoms with Gasteiger partial charge in [0.1, 0.15) is 6.10 Å². The second-order valence-electron chi connectivity index (χ2n) is 4.30. The zero-order valence-electron chi connectivity index (χ0n) is 9.02. The number of carbonyl (C=O) groups is 1. The highest BCUT2D eigenvalue weighted by molar-refractivity contribution is 6.03. The van der Waals surface area contributed by atoms with E-state index >= 15 is 0 Å².